The molecule has 0 aliphatic heterocycles. The minimum absolute atomic E-state index is 0.555. The highest BCUT2D eigenvalue weighted by atomic mass is 15.2. The second kappa shape index (κ2) is 6.85. The van der Waals surface area contributed by atoms with Gasteiger partial charge in [0.1, 0.15) is 11.3 Å². The van der Waals surface area contributed by atoms with E-state index >= 15 is 0 Å². The van der Waals surface area contributed by atoms with Crippen LogP contribution < -0.4 is 0 Å². The molecular formula is C22H17N5. The highest BCUT2D eigenvalue weighted by Crippen LogP contribution is 2.33. The van der Waals surface area contributed by atoms with Crippen LogP contribution in [0.25, 0.3) is 16.9 Å². The minimum atomic E-state index is 0.555. The molecule has 0 unspecified atom stereocenters. The number of hydrogen-bond acceptors (Lipinski definition) is 4. The van der Waals surface area contributed by atoms with Gasteiger partial charge in [0.05, 0.1) is 17.3 Å². The summed E-state index contributed by atoms with van der Waals surface area (Å²) in [5, 5.41) is 18.0. The Balaban J connectivity index is 1.89. The van der Waals surface area contributed by atoms with Crippen molar-refractivity contribution in [1.29, 1.82) is 5.26 Å². The van der Waals surface area contributed by atoms with Crippen LogP contribution in [-0.4, -0.2) is 9.38 Å². The fourth-order valence-electron chi connectivity index (χ4n) is 2.98. The van der Waals surface area contributed by atoms with Crippen LogP contribution in [0.3, 0.4) is 0 Å². The molecule has 4 aromatic rings. The molecule has 0 radical (unpaired) electrons. The average Bonchev–Trinajstić information content (AvgIpc) is 3.07. The van der Waals surface area contributed by atoms with Crippen molar-refractivity contribution in [1.82, 2.24) is 9.38 Å². The lowest BCUT2D eigenvalue weighted by Crippen LogP contribution is -1.89. The number of hydrogen-bond donors (Lipinski definition) is 0. The smallest absolute Gasteiger partial charge is 0.187 e. The van der Waals surface area contributed by atoms with E-state index in [1.54, 1.807) is 18.2 Å². The molecule has 2 heterocycles. The number of benzene rings is 2. The van der Waals surface area contributed by atoms with Gasteiger partial charge in [-0.05, 0) is 44.2 Å². The number of aromatic nitrogens is 2. The predicted molar refractivity (Wildman–Crippen MR) is 105 cm³/mol. The second-order valence-electron chi connectivity index (χ2n) is 6.37. The second-order valence-corrected chi connectivity index (χ2v) is 6.37. The first-order valence-electron chi connectivity index (χ1n) is 8.63. The van der Waals surface area contributed by atoms with Crippen molar-refractivity contribution in [2.75, 3.05) is 0 Å². The van der Waals surface area contributed by atoms with Gasteiger partial charge in [-0.3, -0.25) is 4.40 Å². The van der Waals surface area contributed by atoms with Gasteiger partial charge in [0.15, 0.2) is 5.82 Å². The maximum absolute atomic E-state index is 9.07. The lowest BCUT2D eigenvalue weighted by molar-refractivity contribution is 1.05. The van der Waals surface area contributed by atoms with Crippen molar-refractivity contribution in [2.24, 2.45) is 10.2 Å². The van der Waals surface area contributed by atoms with Crippen LogP contribution in [0.15, 0.2) is 77.0 Å². The van der Waals surface area contributed by atoms with E-state index in [2.05, 4.69) is 35.4 Å². The van der Waals surface area contributed by atoms with E-state index in [0.29, 0.717) is 17.1 Å². The summed E-state index contributed by atoms with van der Waals surface area (Å²) >= 11 is 0. The summed E-state index contributed by atoms with van der Waals surface area (Å²) in [5.41, 5.74) is 6.00. The van der Waals surface area contributed by atoms with Crippen LogP contribution in [0.1, 0.15) is 16.8 Å². The zero-order chi connectivity index (χ0) is 18.8. The van der Waals surface area contributed by atoms with Gasteiger partial charge in [-0.2, -0.15) is 5.26 Å². The molecule has 0 atom stereocenters. The molecule has 130 valence electrons. The molecule has 0 saturated heterocycles. The Morgan fingerprint density at radius 2 is 1.70 bits per heavy atom. The third-order valence-electron chi connectivity index (χ3n) is 4.37. The molecule has 0 amide bonds. The van der Waals surface area contributed by atoms with Crippen LogP contribution in [0.4, 0.5) is 11.5 Å². The summed E-state index contributed by atoms with van der Waals surface area (Å²) in [6.45, 7) is 4.07. The molecule has 27 heavy (non-hydrogen) atoms. The lowest BCUT2D eigenvalue weighted by Gasteiger charge is -2.03. The van der Waals surface area contributed by atoms with Crippen LogP contribution >= 0.6 is 0 Å². The van der Waals surface area contributed by atoms with Gasteiger partial charge in [0.2, 0.25) is 0 Å². The van der Waals surface area contributed by atoms with E-state index in [0.717, 1.165) is 22.6 Å². The molecule has 2 aromatic carbocycles. The minimum Gasteiger partial charge on any atom is -0.280 e. The van der Waals surface area contributed by atoms with E-state index in [4.69, 9.17) is 10.2 Å². The zero-order valence-corrected chi connectivity index (χ0v) is 15.1. The highest BCUT2D eigenvalue weighted by molar-refractivity contribution is 5.75. The van der Waals surface area contributed by atoms with Crippen LogP contribution in [0.5, 0.6) is 0 Å². The maximum Gasteiger partial charge on any atom is 0.187 e. The topological polar surface area (TPSA) is 65.8 Å². The summed E-state index contributed by atoms with van der Waals surface area (Å²) in [5.74, 6) is 0.675. The monoisotopic (exact) mass is 351 g/mol. The van der Waals surface area contributed by atoms with Crippen molar-refractivity contribution >= 4 is 17.2 Å². The van der Waals surface area contributed by atoms with Gasteiger partial charge < -0.3 is 0 Å². The van der Waals surface area contributed by atoms with Crippen LogP contribution in [0.2, 0.25) is 0 Å². The van der Waals surface area contributed by atoms with Crippen molar-refractivity contribution in [3.8, 4) is 17.3 Å². The Morgan fingerprint density at radius 1 is 0.926 bits per heavy atom. The molecule has 2 aromatic heterocycles. The normalized spacial score (nSPS) is 11.1. The SMILES string of the molecule is Cc1ccc(-c2nc3cccc(C)n3c2N=Nc2cccc(C#N)c2)cc1. The third-order valence-corrected chi connectivity index (χ3v) is 4.37. The largest absolute Gasteiger partial charge is 0.280 e. The maximum atomic E-state index is 9.07. The molecule has 0 N–H and O–H groups in total. The number of nitrogens with zero attached hydrogens (tertiary/aromatic N) is 5. The van der Waals surface area contributed by atoms with E-state index < -0.39 is 0 Å². The molecule has 0 bridgehead atoms. The van der Waals surface area contributed by atoms with Gasteiger partial charge in [-0.15, -0.1) is 10.2 Å². The first-order chi connectivity index (χ1) is 13.2. The van der Waals surface area contributed by atoms with Crippen LogP contribution in [-0.2, 0) is 0 Å². The van der Waals surface area contributed by atoms with Gasteiger partial charge in [0.25, 0.3) is 0 Å². The van der Waals surface area contributed by atoms with Gasteiger partial charge in [-0.25, -0.2) is 4.98 Å². The Kier molecular flexibility index (Phi) is 4.23. The fourth-order valence-corrected chi connectivity index (χ4v) is 2.98. The first kappa shape index (κ1) is 16.7. The fraction of sp³-hybridized carbons (Fsp3) is 0.0909. The number of rotatable bonds is 3. The van der Waals surface area contributed by atoms with Gasteiger partial charge in [0, 0.05) is 11.3 Å². The average molecular weight is 351 g/mol. The number of azo groups is 1. The van der Waals surface area contributed by atoms with Crippen molar-refractivity contribution < 1.29 is 0 Å². The molecular weight excluding hydrogens is 334 g/mol. The standard InChI is InChI=1S/C22H17N5/c1-15-9-11-18(12-10-15)21-22(27-16(2)5-3-8-20(27)24-21)26-25-19-7-4-6-17(13-19)14-23/h3-13H,1-2H3. The number of nitriles is 1. The molecule has 0 aliphatic rings. The molecule has 0 fully saturated rings. The van der Waals surface area contributed by atoms with Crippen molar-refractivity contribution in [3.63, 3.8) is 0 Å². The molecule has 0 saturated carbocycles. The highest BCUT2D eigenvalue weighted by Gasteiger charge is 2.15. The molecule has 0 spiro atoms. The van der Waals surface area contributed by atoms with E-state index in [1.165, 1.54) is 5.56 Å². The Morgan fingerprint density at radius 3 is 2.48 bits per heavy atom. The van der Waals surface area contributed by atoms with E-state index in [-0.39, 0.29) is 0 Å². The Hall–Kier alpha value is -3.78. The van der Waals surface area contributed by atoms with Crippen molar-refractivity contribution in [2.45, 2.75) is 13.8 Å². The predicted octanol–water partition coefficient (Wildman–Crippen LogP) is 5.91. The number of pyridine rings is 1. The van der Waals surface area contributed by atoms with Crippen LogP contribution in [0, 0.1) is 25.2 Å². The van der Waals surface area contributed by atoms with E-state index in [9.17, 15) is 0 Å². The Bertz CT molecular complexity index is 1190. The van der Waals surface area contributed by atoms with Gasteiger partial charge in [-0.1, -0.05) is 42.0 Å². The van der Waals surface area contributed by atoms with E-state index in [1.807, 2.05) is 47.7 Å². The number of fused-ring (bicyclic) bond motifs is 1. The summed E-state index contributed by atoms with van der Waals surface area (Å²) in [4.78, 5) is 4.78. The number of aryl methyl sites for hydroxylation is 2. The van der Waals surface area contributed by atoms with Gasteiger partial charge >= 0.3 is 0 Å². The summed E-state index contributed by atoms with van der Waals surface area (Å²) in [6, 6.07) is 23.4. The molecule has 4 rings (SSSR count). The zero-order valence-electron chi connectivity index (χ0n) is 15.1. The molecule has 0 aliphatic carbocycles. The van der Waals surface area contributed by atoms with Crippen molar-refractivity contribution in [3.05, 3.63) is 83.6 Å². The first-order valence-corrected chi connectivity index (χ1v) is 8.63. The summed E-state index contributed by atoms with van der Waals surface area (Å²) < 4.78 is 1.99. The third kappa shape index (κ3) is 3.21. The summed E-state index contributed by atoms with van der Waals surface area (Å²) in [6.07, 6.45) is 0. The molecule has 5 heteroatoms. The summed E-state index contributed by atoms with van der Waals surface area (Å²) in [7, 11) is 0. The lowest BCUT2D eigenvalue weighted by atomic mass is 10.1. The number of imidazole rings is 1. The molecule has 5 nitrogen and oxygen atoms in total. The quantitative estimate of drug-likeness (QED) is 0.431. The Labute approximate surface area is 157 Å².